The van der Waals surface area contributed by atoms with E-state index < -0.39 is 10.0 Å². The standard InChI is InChI=1S/C23H24N4O2S/c1-16-14-17(2)21(18(3)15-16)30(28,29)25-12-13-27-22(19-8-5-4-6-9-19)26-20-10-7-11-24-23(20)27/h4-11,14-15,25H,12-13H2,1-3H3. The zero-order valence-electron chi connectivity index (χ0n) is 17.3. The highest BCUT2D eigenvalue weighted by Crippen LogP contribution is 2.24. The molecule has 0 aliphatic rings. The molecule has 2 heterocycles. The number of rotatable bonds is 6. The molecule has 0 aliphatic heterocycles. The molecule has 0 amide bonds. The zero-order valence-corrected chi connectivity index (χ0v) is 18.1. The lowest BCUT2D eigenvalue weighted by molar-refractivity contribution is 0.573. The number of aromatic nitrogens is 3. The van der Waals surface area contributed by atoms with Crippen LogP contribution in [0.5, 0.6) is 0 Å². The number of fused-ring (bicyclic) bond motifs is 1. The molecule has 154 valence electrons. The molecular formula is C23H24N4O2S. The SMILES string of the molecule is Cc1cc(C)c(S(=O)(=O)NCCn2c(-c3ccccc3)nc3cccnc32)c(C)c1. The molecule has 0 bridgehead atoms. The molecule has 0 aliphatic carbocycles. The van der Waals surface area contributed by atoms with E-state index in [0.717, 1.165) is 39.2 Å². The van der Waals surface area contributed by atoms with E-state index in [1.807, 2.05) is 79.9 Å². The summed E-state index contributed by atoms with van der Waals surface area (Å²) in [5.41, 5.74) is 5.03. The first-order valence-corrected chi connectivity index (χ1v) is 11.3. The van der Waals surface area contributed by atoms with Crippen LogP contribution in [0, 0.1) is 20.8 Å². The highest BCUT2D eigenvalue weighted by Gasteiger charge is 2.20. The smallest absolute Gasteiger partial charge is 0.241 e. The van der Waals surface area contributed by atoms with E-state index in [0.29, 0.717) is 11.4 Å². The van der Waals surface area contributed by atoms with Crippen LogP contribution in [-0.4, -0.2) is 29.5 Å². The lowest BCUT2D eigenvalue weighted by Gasteiger charge is -2.14. The van der Waals surface area contributed by atoms with Gasteiger partial charge in [0.2, 0.25) is 10.0 Å². The lowest BCUT2D eigenvalue weighted by atomic mass is 10.1. The van der Waals surface area contributed by atoms with Gasteiger partial charge in [0.1, 0.15) is 11.3 Å². The van der Waals surface area contributed by atoms with Crippen molar-refractivity contribution in [1.29, 1.82) is 0 Å². The monoisotopic (exact) mass is 420 g/mol. The summed E-state index contributed by atoms with van der Waals surface area (Å²) in [6, 6.07) is 17.4. The molecule has 4 rings (SSSR count). The summed E-state index contributed by atoms with van der Waals surface area (Å²) in [5, 5.41) is 0. The van der Waals surface area contributed by atoms with Crippen LogP contribution in [0.25, 0.3) is 22.6 Å². The fraction of sp³-hybridized carbons (Fsp3) is 0.217. The van der Waals surface area contributed by atoms with Crippen molar-refractivity contribution in [2.45, 2.75) is 32.2 Å². The van der Waals surface area contributed by atoms with E-state index in [1.165, 1.54) is 0 Å². The number of imidazole rings is 1. The van der Waals surface area contributed by atoms with E-state index in [1.54, 1.807) is 6.20 Å². The van der Waals surface area contributed by atoms with Gasteiger partial charge in [0, 0.05) is 24.8 Å². The summed E-state index contributed by atoms with van der Waals surface area (Å²) in [6.07, 6.45) is 1.72. The van der Waals surface area contributed by atoms with Gasteiger partial charge in [0.15, 0.2) is 5.65 Å². The molecule has 0 saturated heterocycles. The van der Waals surface area contributed by atoms with Crippen LogP contribution in [-0.2, 0) is 16.6 Å². The summed E-state index contributed by atoms with van der Waals surface area (Å²) >= 11 is 0. The third-order valence-electron chi connectivity index (χ3n) is 5.04. The maximum atomic E-state index is 13.0. The minimum atomic E-state index is -3.63. The molecule has 1 N–H and O–H groups in total. The van der Waals surface area contributed by atoms with Gasteiger partial charge in [-0.25, -0.2) is 23.1 Å². The normalized spacial score (nSPS) is 11.8. The Labute approximate surface area is 176 Å². The number of nitrogens with one attached hydrogen (secondary N) is 1. The molecule has 4 aromatic rings. The fourth-order valence-electron chi connectivity index (χ4n) is 3.93. The van der Waals surface area contributed by atoms with Crippen molar-refractivity contribution >= 4 is 21.2 Å². The van der Waals surface area contributed by atoms with Crippen molar-refractivity contribution in [1.82, 2.24) is 19.3 Å². The Morgan fingerprint density at radius 2 is 1.67 bits per heavy atom. The third kappa shape index (κ3) is 3.86. The predicted molar refractivity (Wildman–Crippen MR) is 119 cm³/mol. The molecule has 0 fully saturated rings. The Balaban J connectivity index is 1.63. The van der Waals surface area contributed by atoms with Crippen LogP contribution in [0.1, 0.15) is 16.7 Å². The van der Waals surface area contributed by atoms with E-state index in [4.69, 9.17) is 4.98 Å². The first-order chi connectivity index (χ1) is 14.4. The Kier molecular flexibility index (Phi) is 5.40. The van der Waals surface area contributed by atoms with Gasteiger partial charge in [0.05, 0.1) is 4.90 Å². The highest BCUT2D eigenvalue weighted by molar-refractivity contribution is 7.89. The quantitative estimate of drug-likeness (QED) is 0.511. The van der Waals surface area contributed by atoms with Crippen LogP contribution in [0.4, 0.5) is 0 Å². The third-order valence-corrected chi connectivity index (χ3v) is 6.80. The van der Waals surface area contributed by atoms with Crippen molar-refractivity contribution in [3.05, 3.63) is 77.5 Å². The van der Waals surface area contributed by atoms with Gasteiger partial charge in [-0.3, -0.25) is 0 Å². The van der Waals surface area contributed by atoms with Gasteiger partial charge in [-0.05, 0) is 44.0 Å². The molecule has 0 saturated carbocycles. The average molecular weight is 421 g/mol. The van der Waals surface area contributed by atoms with E-state index in [-0.39, 0.29) is 6.54 Å². The van der Waals surface area contributed by atoms with Crippen molar-refractivity contribution < 1.29 is 8.42 Å². The van der Waals surface area contributed by atoms with Crippen LogP contribution >= 0.6 is 0 Å². The number of pyridine rings is 1. The molecule has 7 heteroatoms. The minimum Gasteiger partial charge on any atom is -0.307 e. The summed E-state index contributed by atoms with van der Waals surface area (Å²) in [6.45, 7) is 6.27. The molecule has 30 heavy (non-hydrogen) atoms. The predicted octanol–water partition coefficient (Wildman–Crippen LogP) is 4.00. The molecule has 2 aromatic carbocycles. The van der Waals surface area contributed by atoms with Crippen molar-refractivity contribution in [2.75, 3.05) is 6.54 Å². The van der Waals surface area contributed by atoms with Gasteiger partial charge in [-0.2, -0.15) is 0 Å². The Bertz CT molecular complexity index is 1290. The van der Waals surface area contributed by atoms with Crippen LogP contribution in [0.15, 0.2) is 65.7 Å². The first-order valence-electron chi connectivity index (χ1n) is 9.81. The summed E-state index contributed by atoms with van der Waals surface area (Å²) in [5.74, 6) is 0.770. The maximum Gasteiger partial charge on any atom is 0.241 e. The lowest BCUT2D eigenvalue weighted by Crippen LogP contribution is -2.29. The topological polar surface area (TPSA) is 76.9 Å². The maximum absolute atomic E-state index is 13.0. The molecule has 0 unspecified atom stereocenters. The van der Waals surface area contributed by atoms with Crippen molar-refractivity contribution in [3.63, 3.8) is 0 Å². The second-order valence-corrected chi connectivity index (χ2v) is 9.13. The second-order valence-electron chi connectivity index (χ2n) is 7.42. The molecule has 2 aromatic heterocycles. The number of hydrogen-bond donors (Lipinski definition) is 1. The van der Waals surface area contributed by atoms with Crippen molar-refractivity contribution in [3.8, 4) is 11.4 Å². The molecule has 0 radical (unpaired) electrons. The van der Waals surface area contributed by atoms with Crippen LogP contribution in [0.3, 0.4) is 0 Å². The number of benzene rings is 2. The van der Waals surface area contributed by atoms with Gasteiger partial charge in [-0.1, -0.05) is 48.0 Å². The number of aryl methyl sites for hydroxylation is 3. The van der Waals surface area contributed by atoms with Gasteiger partial charge < -0.3 is 4.57 Å². The fourth-order valence-corrected chi connectivity index (χ4v) is 5.40. The molecule has 0 atom stereocenters. The molecule has 0 spiro atoms. The summed E-state index contributed by atoms with van der Waals surface area (Å²) < 4.78 is 30.7. The van der Waals surface area contributed by atoms with E-state index >= 15 is 0 Å². The minimum absolute atomic E-state index is 0.233. The summed E-state index contributed by atoms with van der Waals surface area (Å²) in [7, 11) is -3.63. The molecular weight excluding hydrogens is 396 g/mol. The number of hydrogen-bond acceptors (Lipinski definition) is 4. The number of nitrogens with zero attached hydrogens (tertiary/aromatic N) is 3. The van der Waals surface area contributed by atoms with E-state index in [2.05, 4.69) is 9.71 Å². The van der Waals surface area contributed by atoms with Crippen LogP contribution < -0.4 is 4.72 Å². The van der Waals surface area contributed by atoms with E-state index in [9.17, 15) is 8.42 Å². The summed E-state index contributed by atoms with van der Waals surface area (Å²) in [4.78, 5) is 9.53. The number of sulfonamides is 1. The molecule has 6 nitrogen and oxygen atoms in total. The Morgan fingerprint density at radius 3 is 2.37 bits per heavy atom. The largest absolute Gasteiger partial charge is 0.307 e. The average Bonchev–Trinajstić information content (AvgIpc) is 3.06. The van der Waals surface area contributed by atoms with Gasteiger partial charge >= 0.3 is 0 Å². The van der Waals surface area contributed by atoms with Crippen LogP contribution in [0.2, 0.25) is 0 Å². The Morgan fingerprint density at radius 1 is 0.967 bits per heavy atom. The second kappa shape index (κ2) is 8.01. The zero-order chi connectivity index (χ0) is 21.3. The van der Waals surface area contributed by atoms with Gasteiger partial charge in [-0.15, -0.1) is 0 Å². The Hall–Kier alpha value is -3.03. The highest BCUT2D eigenvalue weighted by atomic mass is 32.2. The van der Waals surface area contributed by atoms with Gasteiger partial charge in [0.25, 0.3) is 0 Å². The van der Waals surface area contributed by atoms with Crippen molar-refractivity contribution in [2.24, 2.45) is 0 Å². The first kappa shape index (κ1) is 20.3.